The van der Waals surface area contributed by atoms with Crippen LogP contribution in [0.25, 0.3) is 37.9 Å². The number of nitrogens with zero attached hydrogens (tertiary/aromatic N) is 4. The Morgan fingerprint density at radius 1 is 0.957 bits per heavy atom. The number of thiazole rings is 1. The number of aryl methyl sites for hydroxylation is 1. The highest BCUT2D eigenvalue weighted by Crippen LogP contribution is 2.39. The summed E-state index contributed by atoms with van der Waals surface area (Å²) in [4.78, 5) is 21.7. The van der Waals surface area contributed by atoms with Gasteiger partial charge in [-0.1, -0.05) is 30.0 Å². The summed E-state index contributed by atoms with van der Waals surface area (Å²) in [6, 6.07) is 17.0. The molecule has 2 fully saturated rings. The van der Waals surface area contributed by atoms with Gasteiger partial charge in [-0.3, -0.25) is 9.69 Å². The van der Waals surface area contributed by atoms with E-state index in [9.17, 15) is 4.79 Å². The molecule has 0 spiro atoms. The van der Waals surface area contributed by atoms with Crippen LogP contribution in [0.5, 0.6) is 17.2 Å². The fourth-order valence-electron chi connectivity index (χ4n) is 6.34. The number of methoxy groups -OCH3 is 3. The molecule has 2 aromatic heterocycles. The Balaban J connectivity index is 1.07. The molecule has 5 aromatic rings. The Labute approximate surface area is 273 Å². The van der Waals surface area contributed by atoms with Crippen molar-refractivity contribution >= 4 is 49.2 Å². The molecule has 3 heterocycles. The van der Waals surface area contributed by atoms with Crippen molar-refractivity contribution < 1.29 is 19.0 Å². The molecular weight excluding hydrogens is 598 g/mol. The molecule has 9 nitrogen and oxygen atoms in total. The highest BCUT2D eigenvalue weighted by atomic mass is 32.1. The van der Waals surface area contributed by atoms with Gasteiger partial charge in [0.25, 0.3) is 0 Å². The molecule has 1 aliphatic carbocycles. The number of amides is 1. The van der Waals surface area contributed by atoms with E-state index in [1.165, 1.54) is 22.2 Å². The zero-order valence-corrected chi connectivity index (χ0v) is 27.6. The van der Waals surface area contributed by atoms with E-state index in [2.05, 4.69) is 74.8 Å². The molecule has 238 valence electrons. The van der Waals surface area contributed by atoms with Crippen molar-refractivity contribution in [1.82, 2.24) is 19.4 Å². The first kappa shape index (κ1) is 30.1. The Morgan fingerprint density at radius 2 is 1.65 bits per heavy atom. The topological polar surface area (TPSA) is 81.1 Å². The van der Waals surface area contributed by atoms with Crippen molar-refractivity contribution in [2.45, 2.75) is 19.4 Å². The first-order valence-corrected chi connectivity index (χ1v) is 16.4. The van der Waals surface area contributed by atoms with Gasteiger partial charge in [0.15, 0.2) is 16.6 Å². The van der Waals surface area contributed by atoms with Gasteiger partial charge in [-0.15, -0.1) is 0 Å². The first-order chi connectivity index (χ1) is 22.3. The van der Waals surface area contributed by atoms with Gasteiger partial charge in [0.2, 0.25) is 11.7 Å². The lowest BCUT2D eigenvalue weighted by atomic mass is 10.0. The minimum atomic E-state index is 0.0848. The maximum atomic E-state index is 12.2. The Hall–Kier alpha value is -4.54. The fraction of sp³-hybridized carbons (Fsp3) is 0.333. The number of hydrogen-bond donors (Lipinski definition) is 1. The number of benzene rings is 3. The standard InChI is InChI=1S/C36H39N5O4S/c1-22(41-14-12-40(13-15-41)20-23-16-31(43-3)34(45-5)32(17-23)44-4)28-21-39(2)30-11-9-25(18-27(28)30)26-8-10-29-33(19-26)46-36(37-29)38-35(42)24-6-7-24/h8-11,16-19,21,24H,1,6-7,12-15,20H2,2-5H3,(H,37,38,42). The molecule has 1 saturated carbocycles. The summed E-state index contributed by atoms with van der Waals surface area (Å²) < 4.78 is 19.9. The number of aromatic nitrogens is 2. The van der Waals surface area contributed by atoms with Crippen LogP contribution in [0.4, 0.5) is 5.13 Å². The van der Waals surface area contributed by atoms with Crippen LogP contribution in [0.3, 0.4) is 0 Å². The van der Waals surface area contributed by atoms with Crippen LogP contribution >= 0.6 is 11.3 Å². The number of piperazine rings is 1. The summed E-state index contributed by atoms with van der Waals surface area (Å²) >= 11 is 1.53. The van der Waals surface area contributed by atoms with Crippen molar-refractivity contribution in [3.63, 3.8) is 0 Å². The third kappa shape index (κ3) is 5.78. The van der Waals surface area contributed by atoms with E-state index in [-0.39, 0.29) is 11.8 Å². The molecule has 2 aliphatic rings. The van der Waals surface area contributed by atoms with Gasteiger partial charge >= 0.3 is 0 Å². The quantitative estimate of drug-likeness (QED) is 0.184. The van der Waals surface area contributed by atoms with Crippen molar-refractivity contribution in [3.8, 4) is 28.4 Å². The van der Waals surface area contributed by atoms with Crippen molar-refractivity contribution in [2.75, 3.05) is 52.8 Å². The molecule has 7 rings (SSSR count). The van der Waals surface area contributed by atoms with Crippen LogP contribution in [-0.2, 0) is 18.4 Å². The second-order valence-corrected chi connectivity index (χ2v) is 13.1. The average Bonchev–Trinajstić information content (AvgIpc) is 3.78. The van der Waals surface area contributed by atoms with Crippen LogP contribution < -0.4 is 19.5 Å². The molecule has 0 bridgehead atoms. The van der Waals surface area contributed by atoms with Crippen LogP contribution in [0.2, 0.25) is 0 Å². The van der Waals surface area contributed by atoms with Crippen LogP contribution in [-0.4, -0.2) is 72.8 Å². The number of anilines is 1. The summed E-state index contributed by atoms with van der Waals surface area (Å²) in [5.74, 6) is 2.20. The molecule has 10 heteroatoms. The van der Waals surface area contributed by atoms with E-state index in [0.29, 0.717) is 22.4 Å². The Kier molecular flexibility index (Phi) is 8.08. The lowest BCUT2D eigenvalue weighted by molar-refractivity contribution is -0.117. The predicted molar refractivity (Wildman–Crippen MR) is 185 cm³/mol. The lowest BCUT2D eigenvalue weighted by Crippen LogP contribution is -2.44. The molecule has 3 aromatic carbocycles. The summed E-state index contributed by atoms with van der Waals surface area (Å²) in [5.41, 5.74) is 7.66. The van der Waals surface area contributed by atoms with Gasteiger partial charge in [-0.25, -0.2) is 4.98 Å². The molecule has 0 radical (unpaired) electrons. The number of carbonyl (C=O) groups is 1. The second-order valence-electron chi connectivity index (χ2n) is 12.1. The number of fused-ring (bicyclic) bond motifs is 2. The third-order valence-electron chi connectivity index (χ3n) is 9.09. The monoisotopic (exact) mass is 637 g/mol. The number of nitrogens with one attached hydrogen (secondary N) is 1. The van der Waals surface area contributed by atoms with E-state index < -0.39 is 0 Å². The lowest BCUT2D eigenvalue weighted by Gasteiger charge is -2.37. The zero-order valence-electron chi connectivity index (χ0n) is 26.8. The van der Waals surface area contributed by atoms with Crippen molar-refractivity contribution in [3.05, 3.63) is 72.4 Å². The molecule has 1 N–H and O–H groups in total. The SMILES string of the molecule is C=C(c1cn(C)c2ccc(-c3ccc4nc(NC(=O)C5CC5)sc4c3)cc12)N1CCN(Cc2cc(OC)c(OC)c(OC)c2)CC1. The molecule has 1 amide bonds. The fourth-order valence-corrected chi connectivity index (χ4v) is 7.25. The van der Waals surface area contributed by atoms with Crippen LogP contribution in [0, 0.1) is 5.92 Å². The maximum absolute atomic E-state index is 12.2. The van der Waals surface area contributed by atoms with E-state index >= 15 is 0 Å². The second kappa shape index (κ2) is 12.3. The minimum Gasteiger partial charge on any atom is -0.493 e. The normalized spacial score (nSPS) is 15.3. The van der Waals surface area contributed by atoms with Crippen molar-refractivity contribution in [1.29, 1.82) is 0 Å². The smallest absolute Gasteiger partial charge is 0.229 e. The predicted octanol–water partition coefficient (Wildman–Crippen LogP) is 6.62. The summed E-state index contributed by atoms with van der Waals surface area (Å²) in [6.45, 7) is 9.00. The van der Waals surface area contributed by atoms with Crippen LogP contribution in [0.15, 0.2) is 61.3 Å². The van der Waals surface area contributed by atoms with Gasteiger partial charge in [0.05, 0.1) is 31.5 Å². The molecule has 0 unspecified atom stereocenters. The zero-order chi connectivity index (χ0) is 31.9. The van der Waals surface area contributed by atoms with Gasteiger partial charge in [0.1, 0.15) is 0 Å². The molecule has 0 atom stereocenters. The number of ether oxygens (including phenoxy) is 3. The summed E-state index contributed by atoms with van der Waals surface area (Å²) in [6.07, 6.45) is 4.15. The minimum absolute atomic E-state index is 0.0848. The number of carbonyl (C=O) groups excluding carboxylic acids is 1. The summed E-state index contributed by atoms with van der Waals surface area (Å²) in [5, 5.41) is 4.85. The van der Waals surface area contributed by atoms with E-state index in [1.54, 1.807) is 21.3 Å². The number of rotatable bonds is 10. The Morgan fingerprint density at radius 3 is 2.33 bits per heavy atom. The van der Waals surface area contributed by atoms with E-state index in [1.807, 2.05) is 18.2 Å². The van der Waals surface area contributed by atoms with Gasteiger partial charge in [-0.05, 0) is 65.9 Å². The number of hydrogen-bond acceptors (Lipinski definition) is 8. The molecular formula is C36H39N5O4S. The molecule has 46 heavy (non-hydrogen) atoms. The Bertz CT molecular complexity index is 1930. The van der Waals surface area contributed by atoms with E-state index in [0.717, 1.165) is 83.7 Å². The van der Waals surface area contributed by atoms with Gasteiger partial charge in [0, 0.05) is 74.0 Å². The van der Waals surface area contributed by atoms with Gasteiger partial charge < -0.3 is 29.0 Å². The van der Waals surface area contributed by atoms with Gasteiger partial charge in [-0.2, -0.15) is 0 Å². The molecule has 1 aliphatic heterocycles. The summed E-state index contributed by atoms with van der Waals surface area (Å²) in [7, 11) is 7.01. The third-order valence-corrected chi connectivity index (χ3v) is 10.0. The largest absolute Gasteiger partial charge is 0.493 e. The van der Waals surface area contributed by atoms with Crippen molar-refractivity contribution in [2.24, 2.45) is 13.0 Å². The molecule has 1 saturated heterocycles. The maximum Gasteiger partial charge on any atom is 0.229 e. The average molecular weight is 638 g/mol. The highest BCUT2D eigenvalue weighted by molar-refractivity contribution is 7.22. The van der Waals surface area contributed by atoms with E-state index in [4.69, 9.17) is 14.2 Å². The highest BCUT2D eigenvalue weighted by Gasteiger charge is 2.30. The van der Waals surface area contributed by atoms with Crippen LogP contribution in [0.1, 0.15) is 24.0 Å². The first-order valence-electron chi connectivity index (χ1n) is 15.6.